The molecule has 0 bridgehead atoms. The zero-order chi connectivity index (χ0) is 14.5. The summed E-state index contributed by atoms with van der Waals surface area (Å²) in [4.78, 5) is 14.8. The molecule has 2 fully saturated rings. The van der Waals surface area contributed by atoms with E-state index in [2.05, 4.69) is 22.3 Å². The molecule has 2 aliphatic rings. The number of likely N-dealkylation sites (tertiary alicyclic amines) is 1. The zero-order valence-electron chi connectivity index (χ0n) is 12.5. The predicted octanol–water partition coefficient (Wildman–Crippen LogP) is 2.12. The van der Waals surface area contributed by atoms with Crippen LogP contribution in [0.2, 0.25) is 0 Å². The highest BCUT2D eigenvalue weighted by Crippen LogP contribution is 2.19. The molecule has 4 heteroatoms. The quantitative estimate of drug-likeness (QED) is 0.902. The Kier molecular flexibility index (Phi) is 4.88. The third-order valence-electron chi connectivity index (χ3n) is 4.38. The van der Waals surface area contributed by atoms with Gasteiger partial charge in [0.25, 0.3) is 0 Å². The third-order valence-corrected chi connectivity index (χ3v) is 4.38. The Labute approximate surface area is 126 Å². The Balaban J connectivity index is 1.67. The number of amides is 1. The number of nitrogens with zero attached hydrogens (tertiary/aromatic N) is 1. The molecule has 2 saturated heterocycles. The second-order valence-electron chi connectivity index (χ2n) is 5.98. The molecule has 1 aromatic carbocycles. The molecule has 1 N–H and O–H groups in total. The van der Waals surface area contributed by atoms with Crippen LogP contribution >= 0.6 is 0 Å². The lowest BCUT2D eigenvalue weighted by molar-refractivity contribution is -0.131. The van der Waals surface area contributed by atoms with E-state index in [1.54, 1.807) is 0 Å². The molecule has 0 radical (unpaired) electrons. The first-order valence-corrected chi connectivity index (χ1v) is 8.02. The topological polar surface area (TPSA) is 41.6 Å². The number of nitrogens with one attached hydrogen (secondary N) is 1. The van der Waals surface area contributed by atoms with Crippen molar-refractivity contribution >= 4 is 5.91 Å². The number of ether oxygens (including phenoxy) is 1. The van der Waals surface area contributed by atoms with Crippen LogP contribution in [-0.2, 0) is 9.53 Å². The monoisotopic (exact) mass is 288 g/mol. The van der Waals surface area contributed by atoms with Crippen LogP contribution in [0.5, 0.6) is 0 Å². The van der Waals surface area contributed by atoms with Crippen molar-refractivity contribution in [3.8, 4) is 0 Å². The molecular formula is C17H24N2O2. The SMILES string of the molecule is O=C(NC(CN1CCCC1)c1ccccc1)C1CCCO1. The summed E-state index contributed by atoms with van der Waals surface area (Å²) < 4.78 is 5.50. The first kappa shape index (κ1) is 14.5. The van der Waals surface area contributed by atoms with Crippen molar-refractivity contribution in [2.45, 2.75) is 37.8 Å². The van der Waals surface area contributed by atoms with E-state index >= 15 is 0 Å². The maximum absolute atomic E-state index is 12.3. The summed E-state index contributed by atoms with van der Waals surface area (Å²) in [6.45, 7) is 3.88. The van der Waals surface area contributed by atoms with Crippen molar-refractivity contribution in [1.29, 1.82) is 0 Å². The van der Waals surface area contributed by atoms with E-state index in [4.69, 9.17) is 4.74 Å². The van der Waals surface area contributed by atoms with Crippen LogP contribution < -0.4 is 5.32 Å². The maximum atomic E-state index is 12.3. The summed E-state index contributed by atoms with van der Waals surface area (Å²) in [5.41, 5.74) is 1.18. The molecule has 0 saturated carbocycles. The van der Waals surface area contributed by atoms with Crippen LogP contribution in [-0.4, -0.2) is 43.2 Å². The van der Waals surface area contributed by atoms with E-state index in [0.29, 0.717) is 6.61 Å². The molecule has 4 nitrogen and oxygen atoms in total. The predicted molar refractivity (Wildman–Crippen MR) is 82.0 cm³/mol. The molecule has 2 unspecified atom stereocenters. The average Bonchev–Trinajstić information content (AvgIpc) is 3.21. The fraction of sp³-hybridized carbons (Fsp3) is 0.588. The Morgan fingerprint density at radius 3 is 2.67 bits per heavy atom. The van der Waals surface area contributed by atoms with Gasteiger partial charge in [-0.05, 0) is 44.3 Å². The van der Waals surface area contributed by atoms with Crippen LogP contribution in [0.3, 0.4) is 0 Å². The lowest BCUT2D eigenvalue weighted by atomic mass is 10.1. The summed E-state index contributed by atoms with van der Waals surface area (Å²) in [5.74, 6) is 0.0422. The average molecular weight is 288 g/mol. The standard InChI is InChI=1S/C17H24N2O2/c20-17(16-9-6-12-21-16)18-15(13-19-10-4-5-11-19)14-7-2-1-3-8-14/h1-3,7-8,15-16H,4-6,9-13H2,(H,18,20). The van der Waals surface area contributed by atoms with Gasteiger partial charge < -0.3 is 15.0 Å². The van der Waals surface area contributed by atoms with Crippen LogP contribution in [0.25, 0.3) is 0 Å². The molecule has 2 aliphatic heterocycles. The van der Waals surface area contributed by atoms with Crippen molar-refractivity contribution in [1.82, 2.24) is 10.2 Å². The van der Waals surface area contributed by atoms with E-state index in [1.165, 1.54) is 18.4 Å². The highest BCUT2D eigenvalue weighted by molar-refractivity contribution is 5.81. The Morgan fingerprint density at radius 1 is 1.24 bits per heavy atom. The van der Waals surface area contributed by atoms with Gasteiger partial charge in [-0.25, -0.2) is 0 Å². The number of hydrogen-bond acceptors (Lipinski definition) is 3. The molecule has 3 rings (SSSR count). The minimum Gasteiger partial charge on any atom is -0.368 e. The molecule has 0 spiro atoms. The van der Waals surface area contributed by atoms with Gasteiger partial charge in [-0.3, -0.25) is 4.79 Å². The van der Waals surface area contributed by atoms with Crippen molar-refractivity contribution in [3.05, 3.63) is 35.9 Å². The molecule has 1 aromatic rings. The largest absolute Gasteiger partial charge is 0.368 e. The van der Waals surface area contributed by atoms with Gasteiger partial charge in [-0.15, -0.1) is 0 Å². The van der Waals surface area contributed by atoms with Crippen LogP contribution in [0.1, 0.15) is 37.3 Å². The number of benzene rings is 1. The summed E-state index contributed by atoms with van der Waals surface area (Å²) >= 11 is 0. The molecule has 2 heterocycles. The van der Waals surface area contributed by atoms with Crippen LogP contribution in [0, 0.1) is 0 Å². The highest BCUT2D eigenvalue weighted by Gasteiger charge is 2.27. The highest BCUT2D eigenvalue weighted by atomic mass is 16.5. The van der Waals surface area contributed by atoms with Crippen LogP contribution in [0.15, 0.2) is 30.3 Å². The fourth-order valence-electron chi connectivity index (χ4n) is 3.19. The van der Waals surface area contributed by atoms with Crippen molar-refractivity contribution in [2.75, 3.05) is 26.2 Å². The number of hydrogen-bond donors (Lipinski definition) is 1. The van der Waals surface area contributed by atoms with Gasteiger partial charge in [-0.2, -0.15) is 0 Å². The molecule has 0 aliphatic carbocycles. The number of rotatable bonds is 5. The Bertz CT molecular complexity index is 451. The minimum absolute atomic E-state index is 0.0422. The van der Waals surface area contributed by atoms with Gasteiger partial charge in [0.2, 0.25) is 5.91 Å². The molecule has 21 heavy (non-hydrogen) atoms. The van der Waals surface area contributed by atoms with Gasteiger partial charge in [0.05, 0.1) is 6.04 Å². The number of carbonyl (C=O) groups is 1. The van der Waals surface area contributed by atoms with Crippen molar-refractivity contribution in [2.24, 2.45) is 0 Å². The Hall–Kier alpha value is -1.39. The normalized spacial score (nSPS) is 24.1. The van der Waals surface area contributed by atoms with Crippen molar-refractivity contribution < 1.29 is 9.53 Å². The molecular weight excluding hydrogens is 264 g/mol. The molecule has 2 atom stereocenters. The van der Waals surface area contributed by atoms with Gasteiger partial charge in [0.15, 0.2) is 0 Å². The second-order valence-corrected chi connectivity index (χ2v) is 5.98. The lowest BCUT2D eigenvalue weighted by Crippen LogP contribution is -2.41. The fourth-order valence-corrected chi connectivity index (χ4v) is 3.19. The third kappa shape index (κ3) is 3.83. The zero-order valence-corrected chi connectivity index (χ0v) is 12.5. The van der Waals surface area contributed by atoms with Gasteiger partial charge in [0.1, 0.15) is 6.10 Å². The summed E-state index contributed by atoms with van der Waals surface area (Å²) in [7, 11) is 0. The van der Waals surface area contributed by atoms with E-state index < -0.39 is 0 Å². The minimum atomic E-state index is -0.255. The summed E-state index contributed by atoms with van der Waals surface area (Å²) in [6, 6.07) is 10.3. The molecule has 0 aromatic heterocycles. The van der Waals surface area contributed by atoms with E-state index in [9.17, 15) is 4.79 Å². The molecule has 1 amide bonds. The van der Waals surface area contributed by atoms with E-state index in [-0.39, 0.29) is 18.1 Å². The lowest BCUT2D eigenvalue weighted by Gasteiger charge is -2.26. The maximum Gasteiger partial charge on any atom is 0.249 e. The number of carbonyl (C=O) groups excluding carboxylic acids is 1. The van der Waals surface area contributed by atoms with E-state index in [0.717, 1.165) is 32.5 Å². The Morgan fingerprint density at radius 2 is 2.00 bits per heavy atom. The van der Waals surface area contributed by atoms with Gasteiger partial charge in [-0.1, -0.05) is 30.3 Å². The van der Waals surface area contributed by atoms with E-state index in [1.807, 2.05) is 18.2 Å². The first-order chi connectivity index (χ1) is 10.3. The summed E-state index contributed by atoms with van der Waals surface area (Å²) in [5, 5.41) is 3.20. The summed E-state index contributed by atoms with van der Waals surface area (Å²) in [6.07, 6.45) is 4.11. The van der Waals surface area contributed by atoms with Crippen LogP contribution in [0.4, 0.5) is 0 Å². The second kappa shape index (κ2) is 7.05. The van der Waals surface area contributed by atoms with Gasteiger partial charge >= 0.3 is 0 Å². The van der Waals surface area contributed by atoms with Gasteiger partial charge in [0, 0.05) is 13.2 Å². The first-order valence-electron chi connectivity index (χ1n) is 8.02. The molecule has 114 valence electrons. The van der Waals surface area contributed by atoms with Crippen molar-refractivity contribution in [3.63, 3.8) is 0 Å². The smallest absolute Gasteiger partial charge is 0.249 e.